The number of aryl methyl sites for hydroxylation is 1. The van der Waals surface area contributed by atoms with Gasteiger partial charge in [-0.05, 0) is 31.5 Å². The standard InChI is InChI=1S/C21H20N2O6S/c1-5-29-21(24)15(3)19(16-8-10-17(11-9-16)23(25)26)20(22-4)30(27,28)18-12-6-14(2)7-13-18/h6-13,19-20H,3,5H2,1-2H3/t19-,20+/m0/s1. The van der Waals surface area contributed by atoms with E-state index >= 15 is 0 Å². The molecule has 0 aliphatic carbocycles. The number of sulfone groups is 1. The number of rotatable bonds is 8. The van der Waals surface area contributed by atoms with Crippen molar-refractivity contribution >= 4 is 21.5 Å². The smallest absolute Gasteiger partial charge is 0.336 e. The molecule has 8 nitrogen and oxygen atoms in total. The van der Waals surface area contributed by atoms with Gasteiger partial charge in [-0.25, -0.2) is 19.8 Å². The fourth-order valence-electron chi connectivity index (χ4n) is 2.88. The highest BCUT2D eigenvalue weighted by Gasteiger charge is 2.44. The van der Waals surface area contributed by atoms with E-state index in [1.807, 2.05) is 0 Å². The van der Waals surface area contributed by atoms with E-state index in [4.69, 9.17) is 11.3 Å². The summed E-state index contributed by atoms with van der Waals surface area (Å²) in [7, 11) is -4.19. The van der Waals surface area contributed by atoms with Gasteiger partial charge in [0.1, 0.15) is 5.92 Å². The molecule has 2 aromatic carbocycles. The van der Waals surface area contributed by atoms with E-state index in [-0.39, 0.29) is 28.3 Å². The third-order valence-electron chi connectivity index (χ3n) is 4.46. The van der Waals surface area contributed by atoms with E-state index < -0.39 is 32.0 Å². The van der Waals surface area contributed by atoms with E-state index in [1.165, 1.54) is 36.4 Å². The van der Waals surface area contributed by atoms with Crippen molar-refractivity contribution in [2.75, 3.05) is 6.61 Å². The molecule has 0 heterocycles. The predicted molar refractivity (Wildman–Crippen MR) is 110 cm³/mol. The molecular formula is C21H20N2O6S. The quantitative estimate of drug-likeness (QED) is 0.208. The van der Waals surface area contributed by atoms with Gasteiger partial charge in [0.25, 0.3) is 15.5 Å². The molecule has 9 heteroatoms. The molecule has 2 atom stereocenters. The topological polar surface area (TPSA) is 108 Å². The number of nitro benzene ring substituents is 1. The number of carbonyl (C=O) groups is 1. The summed E-state index contributed by atoms with van der Waals surface area (Å²) < 4.78 is 31.4. The molecule has 0 unspecified atom stereocenters. The van der Waals surface area contributed by atoms with Crippen molar-refractivity contribution in [3.8, 4) is 0 Å². The maximum absolute atomic E-state index is 13.2. The normalized spacial score (nSPS) is 13.0. The van der Waals surface area contributed by atoms with Crippen molar-refractivity contribution < 1.29 is 22.9 Å². The number of hydrogen-bond acceptors (Lipinski definition) is 6. The minimum Gasteiger partial charge on any atom is -0.463 e. The van der Waals surface area contributed by atoms with E-state index in [1.54, 1.807) is 26.0 Å². The summed E-state index contributed by atoms with van der Waals surface area (Å²) in [5.41, 5.74) is 0.647. The lowest BCUT2D eigenvalue weighted by Crippen LogP contribution is -2.29. The molecular weight excluding hydrogens is 408 g/mol. The molecule has 0 fully saturated rings. The lowest BCUT2D eigenvalue weighted by molar-refractivity contribution is -0.384. The predicted octanol–water partition coefficient (Wildman–Crippen LogP) is 3.83. The molecule has 2 rings (SSSR count). The molecule has 2 aromatic rings. The van der Waals surface area contributed by atoms with Crippen LogP contribution in [0.25, 0.3) is 4.85 Å². The van der Waals surface area contributed by atoms with Crippen LogP contribution in [-0.4, -0.2) is 31.3 Å². The zero-order valence-electron chi connectivity index (χ0n) is 16.4. The SMILES string of the molecule is [C-]#[N+][C@@H]([C@@H](C(=C)C(=O)OCC)c1ccc([N+](=O)[O-])cc1)S(=O)(=O)c1ccc(C)cc1. The highest BCUT2D eigenvalue weighted by atomic mass is 32.2. The van der Waals surface area contributed by atoms with Crippen molar-refractivity contribution in [1.82, 2.24) is 0 Å². The molecule has 30 heavy (non-hydrogen) atoms. The number of non-ortho nitro benzene ring substituents is 1. The number of ether oxygens (including phenoxy) is 1. The number of nitrogens with zero attached hydrogens (tertiary/aromatic N) is 2. The van der Waals surface area contributed by atoms with E-state index in [0.29, 0.717) is 0 Å². The van der Waals surface area contributed by atoms with Crippen molar-refractivity contribution in [1.29, 1.82) is 0 Å². The zero-order chi connectivity index (χ0) is 22.5. The van der Waals surface area contributed by atoms with Gasteiger partial charge in [0.05, 0.1) is 16.4 Å². The van der Waals surface area contributed by atoms with Crippen molar-refractivity contribution in [2.24, 2.45) is 0 Å². The molecule has 0 saturated carbocycles. The first-order valence-electron chi connectivity index (χ1n) is 8.90. The van der Waals surface area contributed by atoms with E-state index in [9.17, 15) is 23.3 Å². The zero-order valence-corrected chi connectivity index (χ0v) is 17.3. The minimum atomic E-state index is -4.19. The molecule has 0 N–H and O–H groups in total. The Labute approximate surface area is 174 Å². The monoisotopic (exact) mass is 428 g/mol. The second-order valence-electron chi connectivity index (χ2n) is 6.45. The Hall–Kier alpha value is -3.51. The van der Waals surface area contributed by atoms with E-state index in [0.717, 1.165) is 5.56 Å². The summed E-state index contributed by atoms with van der Waals surface area (Å²) in [5, 5.41) is 9.23. The van der Waals surface area contributed by atoms with Crippen molar-refractivity contribution in [2.45, 2.75) is 30.0 Å². The number of hydrogen-bond donors (Lipinski definition) is 0. The van der Waals surface area contributed by atoms with Crippen LogP contribution in [0.1, 0.15) is 24.0 Å². The largest absolute Gasteiger partial charge is 0.463 e. The Morgan fingerprint density at radius 2 is 1.77 bits per heavy atom. The average Bonchev–Trinajstić information content (AvgIpc) is 2.71. The van der Waals surface area contributed by atoms with Gasteiger partial charge in [0.2, 0.25) is 0 Å². The van der Waals surface area contributed by atoms with E-state index in [2.05, 4.69) is 11.4 Å². The van der Waals surface area contributed by atoms with Crippen LogP contribution >= 0.6 is 0 Å². The highest BCUT2D eigenvalue weighted by Crippen LogP contribution is 2.36. The third-order valence-corrected chi connectivity index (χ3v) is 6.40. The number of benzene rings is 2. The van der Waals surface area contributed by atoms with Gasteiger partial charge in [-0.2, -0.15) is 0 Å². The fraction of sp³-hybridized carbons (Fsp3) is 0.238. The number of nitro groups is 1. The van der Waals surface area contributed by atoms with Gasteiger partial charge < -0.3 is 4.74 Å². The van der Waals surface area contributed by atoms with Crippen LogP contribution in [0.3, 0.4) is 0 Å². The fourth-order valence-corrected chi connectivity index (χ4v) is 4.50. The Morgan fingerprint density at radius 1 is 1.20 bits per heavy atom. The Kier molecular flexibility index (Phi) is 7.08. The number of esters is 1. The van der Waals surface area contributed by atoms with Crippen LogP contribution in [-0.2, 0) is 19.4 Å². The molecule has 0 spiro atoms. The van der Waals surface area contributed by atoms with Gasteiger partial charge in [-0.15, -0.1) is 0 Å². The molecule has 0 aliphatic rings. The average molecular weight is 428 g/mol. The third kappa shape index (κ3) is 4.72. The van der Waals surface area contributed by atoms with Crippen molar-refractivity contribution in [3.63, 3.8) is 0 Å². The summed E-state index contributed by atoms with van der Waals surface area (Å²) in [4.78, 5) is 25.9. The highest BCUT2D eigenvalue weighted by molar-refractivity contribution is 7.92. The lowest BCUT2D eigenvalue weighted by Gasteiger charge is -2.20. The van der Waals surface area contributed by atoms with Crippen LogP contribution in [0.2, 0.25) is 0 Å². The second-order valence-corrected chi connectivity index (χ2v) is 8.49. The first-order chi connectivity index (χ1) is 14.1. The first kappa shape index (κ1) is 22.8. The summed E-state index contributed by atoms with van der Waals surface area (Å²) in [6.07, 6.45) is 0. The molecule has 0 aromatic heterocycles. The van der Waals surface area contributed by atoms with Gasteiger partial charge >= 0.3 is 11.3 Å². The van der Waals surface area contributed by atoms with Gasteiger partial charge in [0, 0.05) is 17.7 Å². The summed E-state index contributed by atoms with van der Waals surface area (Å²) in [6.45, 7) is 14.7. The maximum atomic E-state index is 13.2. The van der Waals surface area contributed by atoms with Gasteiger partial charge in [0.15, 0.2) is 0 Å². The number of carbonyl (C=O) groups excluding carboxylic acids is 1. The van der Waals surface area contributed by atoms with Gasteiger partial charge in [-0.1, -0.05) is 36.4 Å². The first-order valence-corrected chi connectivity index (χ1v) is 10.5. The molecule has 0 bridgehead atoms. The maximum Gasteiger partial charge on any atom is 0.336 e. The summed E-state index contributed by atoms with van der Waals surface area (Å²) in [6, 6.07) is 11.0. The van der Waals surface area contributed by atoms with Crippen molar-refractivity contribution in [3.05, 3.63) is 93.3 Å². The Balaban J connectivity index is 2.62. The molecule has 156 valence electrons. The Morgan fingerprint density at radius 3 is 2.23 bits per heavy atom. The molecule has 0 aliphatic heterocycles. The van der Waals surface area contributed by atoms with Gasteiger partial charge in [-0.3, -0.25) is 15.0 Å². The summed E-state index contributed by atoms with van der Waals surface area (Å²) in [5.74, 6) is -2.11. The second kappa shape index (κ2) is 9.33. The summed E-state index contributed by atoms with van der Waals surface area (Å²) >= 11 is 0. The lowest BCUT2D eigenvalue weighted by atomic mass is 9.91. The minimum absolute atomic E-state index is 0.0399. The molecule has 0 amide bonds. The van der Waals surface area contributed by atoms with Crippen LogP contribution in [0.15, 0.2) is 65.6 Å². The molecule has 0 saturated heterocycles. The van der Waals surface area contributed by atoms with Crippen LogP contribution in [0, 0.1) is 23.6 Å². The van der Waals surface area contributed by atoms with Crippen LogP contribution in [0.4, 0.5) is 5.69 Å². The molecule has 0 radical (unpaired) electrons. The Bertz CT molecular complexity index is 1100. The van der Waals surface area contributed by atoms with Crippen LogP contribution in [0.5, 0.6) is 0 Å². The van der Waals surface area contributed by atoms with Crippen LogP contribution < -0.4 is 0 Å².